The number of likely N-dealkylation sites (tertiary alicyclic amines) is 2. The molecule has 0 saturated carbocycles. The molecule has 9 nitrogen and oxygen atoms in total. The van der Waals surface area contributed by atoms with Crippen LogP contribution in [0.2, 0.25) is 0 Å². The summed E-state index contributed by atoms with van der Waals surface area (Å²) in [7, 11) is 1.75. The van der Waals surface area contributed by atoms with Crippen molar-refractivity contribution in [2.75, 3.05) is 20.1 Å². The molecule has 0 aliphatic carbocycles. The minimum Gasteiger partial charge on any atom is -0.348 e. The summed E-state index contributed by atoms with van der Waals surface area (Å²) >= 11 is 0. The van der Waals surface area contributed by atoms with Gasteiger partial charge in [-0.1, -0.05) is 77.4 Å². The number of piperidine rings is 1. The van der Waals surface area contributed by atoms with Gasteiger partial charge in [0.1, 0.15) is 12.1 Å². The SMILES string of the molecule is CC(=C[C@H](C(C)C)N(C)C(=O)[C@@H](NC(=O)C1CCCCN1C(C)C)C(C)(C)C)C(=O)N1CCC[C@H]1C(=O)N[C@@H](C)c1ccccc1. The van der Waals surface area contributed by atoms with Crippen LogP contribution in [0.25, 0.3) is 0 Å². The van der Waals surface area contributed by atoms with Gasteiger partial charge in [0.05, 0.1) is 18.1 Å². The van der Waals surface area contributed by atoms with Gasteiger partial charge < -0.3 is 20.4 Å². The number of carbonyl (C=O) groups excluding carboxylic acids is 4. The van der Waals surface area contributed by atoms with Crippen molar-refractivity contribution in [2.45, 2.75) is 131 Å². The van der Waals surface area contributed by atoms with Crippen molar-refractivity contribution in [3.63, 3.8) is 0 Å². The molecule has 2 heterocycles. The van der Waals surface area contributed by atoms with Crippen molar-refractivity contribution in [1.82, 2.24) is 25.3 Å². The number of likely N-dealkylation sites (N-methyl/N-ethyl adjacent to an activating group) is 1. The zero-order valence-corrected chi connectivity index (χ0v) is 29.9. The quantitative estimate of drug-likeness (QED) is 0.330. The summed E-state index contributed by atoms with van der Waals surface area (Å²) in [4.78, 5) is 60.4. The average Bonchev–Trinajstić information content (AvgIpc) is 3.51. The van der Waals surface area contributed by atoms with E-state index in [-0.39, 0.29) is 53.7 Å². The average molecular weight is 638 g/mol. The van der Waals surface area contributed by atoms with E-state index in [9.17, 15) is 19.2 Å². The second-order valence-corrected chi connectivity index (χ2v) is 15.0. The van der Waals surface area contributed by atoms with E-state index < -0.39 is 17.5 Å². The Balaban J connectivity index is 1.76. The molecule has 1 aromatic carbocycles. The van der Waals surface area contributed by atoms with E-state index in [0.717, 1.165) is 37.8 Å². The van der Waals surface area contributed by atoms with Crippen LogP contribution in [0.5, 0.6) is 0 Å². The monoisotopic (exact) mass is 637 g/mol. The van der Waals surface area contributed by atoms with Gasteiger partial charge in [0.25, 0.3) is 0 Å². The van der Waals surface area contributed by atoms with Crippen LogP contribution in [-0.2, 0) is 19.2 Å². The molecule has 9 heteroatoms. The smallest absolute Gasteiger partial charge is 0.249 e. The first kappa shape index (κ1) is 37.3. The van der Waals surface area contributed by atoms with Crippen molar-refractivity contribution in [3.05, 3.63) is 47.5 Å². The summed E-state index contributed by atoms with van der Waals surface area (Å²) in [5, 5.41) is 6.23. The Morgan fingerprint density at radius 2 is 1.48 bits per heavy atom. The normalized spacial score (nSPS) is 21.6. The van der Waals surface area contributed by atoms with E-state index >= 15 is 0 Å². The number of amides is 4. The number of rotatable bonds is 11. The fourth-order valence-corrected chi connectivity index (χ4v) is 6.81. The van der Waals surface area contributed by atoms with Gasteiger partial charge in [-0.15, -0.1) is 0 Å². The molecule has 1 aromatic rings. The van der Waals surface area contributed by atoms with Crippen LogP contribution in [0.3, 0.4) is 0 Å². The Labute approximate surface area is 277 Å². The van der Waals surface area contributed by atoms with E-state index in [2.05, 4.69) is 29.4 Å². The lowest BCUT2D eigenvalue weighted by Gasteiger charge is -2.41. The minimum absolute atomic E-state index is 0.00666. The zero-order valence-electron chi connectivity index (χ0n) is 29.9. The lowest BCUT2D eigenvalue weighted by molar-refractivity contribution is -0.142. The molecule has 2 N–H and O–H groups in total. The van der Waals surface area contributed by atoms with E-state index in [1.165, 1.54) is 0 Å². The maximum Gasteiger partial charge on any atom is 0.249 e. The van der Waals surface area contributed by atoms with Crippen molar-refractivity contribution in [1.29, 1.82) is 0 Å². The minimum atomic E-state index is -0.732. The molecule has 1 unspecified atom stereocenters. The Morgan fingerprint density at radius 3 is 2.07 bits per heavy atom. The molecule has 4 amide bonds. The standard InChI is InChI=1S/C37H59N5O4/c1-24(2)31(40(10)36(46)32(37(7,8)9)39-34(44)29-19-14-15-21-41(29)25(3)4)23-26(5)35(45)42-22-16-20-30(42)33(43)38-27(6)28-17-12-11-13-18-28/h11-13,17-18,23-25,27,29-32H,14-16,19-22H2,1-10H3,(H,38,43)(H,39,44)/t27-,29?,30-,31+,32+/m0/s1. The predicted octanol–water partition coefficient (Wildman–Crippen LogP) is 5.08. The molecule has 0 spiro atoms. The highest BCUT2D eigenvalue weighted by Crippen LogP contribution is 2.27. The molecular weight excluding hydrogens is 578 g/mol. The van der Waals surface area contributed by atoms with Gasteiger partial charge in [0.15, 0.2) is 0 Å². The van der Waals surface area contributed by atoms with Gasteiger partial charge in [-0.25, -0.2) is 0 Å². The van der Waals surface area contributed by atoms with Gasteiger partial charge >= 0.3 is 0 Å². The molecular formula is C37H59N5O4. The molecule has 2 aliphatic rings. The summed E-state index contributed by atoms with van der Waals surface area (Å²) in [5.74, 6) is -0.620. The van der Waals surface area contributed by atoms with Crippen LogP contribution in [0, 0.1) is 11.3 Å². The number of nitrogens with one attached hydrogen (secondary N) is 2. The Kier molecular flexibility index (Phi) is 13.0. The third-order valence-corrected chi connectivity index (χ3v) is 9.62. The maximum atomic E-state index is 14.2. The molecule has 5 atom stereocenters. The number of carbonyl (C=O) groups is 4. The first-order valence-electron chi connectivity index (χ1n) is 17.2. The van der Waals surface area contributed by atoms with Gasteiger partial charge in [-0.05, 0) is 76.8 Å². The maximum absolute atomic E-state index is 14.2. The van der Waals surface area contributed by atoms with Gasteiger partial charge in [-0.2, -0.15) is 0 Å². The highest BCUT2D eigenvalue weighted by molar-refractivity contribution is 5.97. The molecule has 0 bridgehead atoms. The highest BCUT2D eigenvalue weighted by atomic mass is 16.2. The van der Waals surface area contributed by atoms with E-state index in [1.54, 1.807) is 23.8 Å². The molecule has 46 heavy (non-hydrogen) atoms. The molecule has 0 aromatic heterocycles. The Hall–Kier alpha value is -3.20. The van der Waals surface area contributed by atoms with E-state index in [1.807, 2.05) is 78.0 Å². The topological polar surface area (TPSA) is 102 Å². The largest absolute Gasteiger partial charge is 0.348 e. The Morgan fingerprint density at radius 1 is 0.870 bits per heavy atom. The fraction of sp³-hybridized carbons (Fsp3) is 0.676. The molecule has 3 rings (SSSR count). The second-order valence-electron chi connectivity index (χ2n) is 15.0. The van der Waals surface area contributed by atoms with Crippen LogP contribution < -0.4 is 10.6 Å². The number of nitrogens with zero attached hydrogens (tertiary/aromatic N) is 3. The van der Waals surface area contributed by atoms with Crippen molar-refractivity contribution in [3.8, 4) is 0 Å². The predicted molar refractivity (Wildman–Crippen MR) is 184 cm³/mol. The lowest BCUT2D eigenvalue weighted by atomic mass is 9.84. The summed E-state index contributed by atoms with van der Waals surface area (Å²) in [5.41, 5.74) is 0.984. The zero-order chi connectivity index (χ0) is 34.3. The summed E-state index contributed by atoms with van der Waals surface area (Å²) < 4.78 is 0. The van der Waals surface area contributed by atoms with Crippen molar-refractivity contribution in [2.24, 2.45) is 11.3 Å². The molecule has 2 aliphatic heterocycles. The van der Waals surface area contributed by atoms with Crippen molar-refractivity contribution >= 4 is 23.6 Å². The van der Waals surface area contributed by atoms with Crippen LogP contribution in [0.4, 0.5) is 0 Å². The van der Waals surface area contributed by atoms with Gasteiger partial charge in [-0.3, -0.25) is 24.1 Å². The van der Waals surface area contributed by atoms with Gasteiger partial charge in [0, 0.05) is 25.2 Å². The van der Waals surface area contributed by atoms with Crippen LogP contribution in [-0.4, -0.2) is 88.7 Å². The van der Waals surface area contributed by atoms with Gasteiger partial charge in [0.2, 0.25) is 23.6 Å². The van der Waals surface area contributed by atoms with Crippen LogP contribution in [0.1, 0.15) is 106 Å². The van der Waals surface area contributed by atoms with Crippen LogP contribution >= 0.6 is 0 Å². The number of benzene rings is 1. The number of hydrogen-bond acceptors (Lipinski definition) is 5. The summed E-state index contributed by atoms with van der Waals surface area (Å²) in [6, 6.07) is 7.95. The third kappa shape index (κ3) is 9.20. The van der Waals surface area contributed by atoms with E-state index in [4.69, 9.17) is 0 Å². The molecule has 2 saturated heterocycles. The first-order chi connectivity index (χ1) is 21.5. The summed E-state index contributed by atoms with van der Waals surface area (Å²) in [6.07, 6.45) is 6.07. The molecule has 2 fully saturated rings. The van der Waals surface area contributed by atoms with Crippen LogP contribution in [0.15, 0.2) is 42.0 Å². The third-order valence-electron chi connectivity index (χ3n) is 9.62. The molecule has 256 valence electrons. The van der Waals surface area contributed by atoms with Crippen molar-refractivity contribution < 1.29 is 19.2 Å². The second kappa shape index (κ2) is 16.1. The Bertz CT molecular complexity index is 1240. The highest BCUT2D eigenvalue weighted by Gasteiger charge is 2.40. The number of hydrogen-bond donors (Lipinski definition) is 2. The van der Waals surface area contributed by atoms with E-state index in [0.29, 0.717) is 18.5 Å². The first-order valence-corrected chi connectivity index (χ1v) is 17.2. The molecule has 0 radical (unpaired) electrons. The lowest BCUT2D eigenvalue weighted by Crippen LogP contribution is -2.60. The summed E-state index contributed by atoms with van der Waals surface area (Å²) in [6.45, 7) is 19.3. The fourth-order valence-electron chi connectivity index (χ4n) is 6.81.